The number of fused-ring (bicyclic) bond motifs is 1. The normalized spacial score (nSPS) is 22.2. The quantitative estimate of drug-likeness (QED) is 0.656. The molecule has 1 aliphatic carbocycles. The van der Waals surface area contributed by atoms with Crippen molar-refractivity contribution in [2.75, 3.05) is 12.8 Å². The molecule has 3 nitrogen and oxygen atoms in total. The molecule has 1 aromatic heterocycles. The van der Waals surface area contributed by atoms with Gasteiger partial charge in [-0.3, -0.25) is 5.73 Å². The van der Waals surface area contributed by atoms with Crippen molar-refractivity contribution >= 4 is 16.5 Å². The minimum absolute atomic E-state index is 0.643. The summed E-state index contributed by atoms with van der Waals surface area (Å²) < 4.78 is 0. The Kier molecular flexibility index (Phi) is 2.02. The van der Waals surface area contributed by atoms with Crippen LogP contribution in [0.2, 0.25) is 0 Å². The van der Waals surface area contributed by atoms with Crippen LogP contribution < -0.4 is 16.0 Å². The molecule has 0 amide bonds. The predicted octanol–water partition coefficient (Wildman–Crippen LogP) is 0.221. The third-order valence-corrected chi connectivity index (χ3v) is 3.41. The summed E-state index contributed by atoms with van der Waals surface area (Å²) in [6.45, 7) is 0. The Hall–Kier alpha value is -0.610. The van der Waals surface area contributed by atoms with Crippen molar-refractivity contribution in [2.24, 2.45) is 0 Å². The number of aromatic amines is 1. The number of nitrogens with two attached hydrogens (primary N) is 1. The van der Waals surface area contributed by atoms with Crippen molar-refractivity contribution in [3.05, 3.63) is 10.6 Å². The molecule has 0 spiro atoms. The molecule has 2 rings (SSSR count). The second kappa shape index (κ2) is 3.03. The Morgan fingerprint density at radius 1 is 1.67 bits per heavy atom. The first-order chi connectivity index (χ1) is 5.79. The number of anilines is 1. The highest BCUT2D eigenvalue weighted by molar-refractivity contribution is 7.15. The van der Waals surface area contributed by atoms with Crippen LogP contribution in [0.3, 0.4) is 0 Å². The topological polar surface area (TPSA) is 52.2 Å². The third-order valence-electron chi connectivity index (χ3n) is 2.43. The average molecular weight is 184 g/mol. The van der Waals surface area contributed by atoms with Gasteiger partial charge in [0.05, 0.1) is 4.88 Å². The van der Waals surface area contributed by atoms with Crippen molar-refractivity contribution in [1.29, 1.82) is 0 Å². The number of aryl methyl sites for hydroxylation is 1. The van der Waals surface area contributed by atoms with Gasteiger partial charge in [-0.05, 0) is 13.5 Å². The maximum atomic E-state index is 5.69. The minimum Gasteiger partial charge on any atom is -0.317 e. The van der Waals surface area contributed by atoms with Gasteiger partial charge in [-0.15, -0.1) is 0 Å². The van der Waals surface area contributed by atoms with E-state index in [1.807, 2.05) is 7.05 Å². The van der Waals surface area contributed by atoms with Crippen LogP contribution in [0.1, 0.15) is 17.0 Å². The Morgan fingerprint density at radius 3 is 3.25 bits per heavy atom. The number of aromatic nitrogens is 1. The van der Waals surface area contributed by atoms with E-state index in [1.54, 1.807) is 11.3 Å². The fraction of sp³-hybridized carbons (Fsp3) is 0.625. The van der Waals surface area contributed by atoms with Gasteiger partial charge in [0.1, 0.15) is 5.69 Å². The zero-order valence-corrected chi connectivity index (χ0v) is 8.00. The molecule has 0 aromatic carbocycles. The van der Waals surface area contributed by atoms with Gasteiger partial charge in [-0.25, -0.2) is 4.98 Å². The summed E-state index contributed by atoms with van der Waals surface area (Å²) in [6.07, 6.45) is 3.48. The first-order valence-corrected chi connectivity index (χ1v) is 5.08. The molecule has 1 aromatic rings. The van der Waals surface area contributed by atoms with E-state index < -0.39 is 0 Å². The highest BCUT2D eigenvalue weighted by Crippen LogP contribution is 2.24. The van der Waals surface area contributed by atoms with Crippen molar-refractivity contribution in [3.8, 4) is 0 Å². The van der Waals surface area contributed by atoms with Crippen LogP contribution in [0.4, 0.5) is 5.13 Å². The van der Waals surface area contributed by atoms with E-state index >= 15 is 0 Å². The molecule has 0 saturated carbocycles. The smallest absolute Gasteiger partial charge is 0.317 e. The largest absolute Gasteiger partial charge is 0.329 e. The molecule has 1 unspecified atom stereocenters. The van der Waals surface area contributed by atoms with E-state index in [9.17, 15) is 0 Å². The number of hydrogen-bond donors (Lipinski definition) is 2. The summed E-state index contributed by atoms with van der Waals surface area (Å²) >= 11 is 1.69. The molecule has 4 N–H and O–H groups in total. The fourth-order valence-corrected chi connectivity index (χ4v) is 2.70. The first kappa shape index (κ1) is 8.01. The Bertz CT molecular complexity index is 282. The Labute approximate surface area is 76.0 Å². The van der Waals surface area contributed by atoms with Crippen molar-refractivity contribution in [3.63, 3.8) is 0 Å². The highest BCUT2D eigenvalue weighted by atomic mass is 32.1. The number of H-pyrrole nitrogens is 1. The van der Waals surface area contributed by atoms with Crippen LogP contribution in [0.5, 0.6) is 0 Å². The summed E-state index contributed by atoms with van der Waals surface area (Å²) in [7, 11) is 2.02. The average Bonchev–Trinajstić information content (AvgIpc) is 2.43. The van der Waals surface area contributed by atoms with Crippen LogP contribution in [0.15, 0.2) is 0 Å². The van der Waals surface area contributed by atoms with Crippen molar-refractivity contribution in [1.82, 2.24) is 5.32 Å². The number of thiazole rings is 1. The lowest BCUT2D eigenvalue weighted by atomic mass is 9.98. The molecule has 0 aliphatic heterocycles. The van der Waals surface area contributed by atoms with Crippen LogP contribution in [-0.4, -0.2) is 13.1 Å². The molecule has 4 heteroatoms. The first-order valence-electron chi connectivity index (χ1n) is 4.26. The van der Waals surface area contributed by atoms with Gasteiger partial charge >= 0.3 is 5.13 Å². The standard InChI is InChI=1S/C8H13N3S/c1-10-5-2-3-6-7(4-5)12-8(9)11-6/h5,10H,2-4H2,1H3,(H2,9,11)/p+1. The van der Waals surface area contributed by atoms with E-state index in [2.05, 4.69) is 10.3 Å². The molecule has 12 heavy (non-hydrogen) atoms. The number of likely N-dealkylation sites (N-methyl/N-ethyl adjacent to an activating group) is 1. The van der Waals surface area contributed by atoms with Gasteiger partial charge in [0.15, 0.2) is 0 Å². The van der Waals surface area contributed by atoms with E-state index in [1.165, 1.54) is 17.0 Å². The molecule has 1 atom stereocenters. The predicted molar refractivity (Wildman–Crippen MR) is 50.2 cm³/mol. The molecule has 1 heterocycles. The molecule has 0 radical (unpaired) electrons. The number of rotatable bonds is 1. The summed E-state index contributed by atoms with van der Waals surface area (Å²) in [5.74, 6) is 0. The maximum Gasteiger partial charge on any atom is 0.329 e. The number of nitrogen functional groups attached to an aromatic ring is 1. The van der Waals surface area contributed by atoms with Gasteiger partial charge in [-0.2, -0.15) is 0 Å². The van der Waals surface area contributed by atoms with Crippen molar-refractivity contribution < 1.29 is 4.98 Å². The van der Waals surface area contributed by atoms with E-state index in [0.717, 1.165) is 18.0 Å². The fourth-order valence-electron chi connectivity index (χ4n) is 1.70. The van der Waals surface area contributed by atoms with Crippen LogP contribution in [-0.2, 0) is 12.8 Å². The molecule has 66 valence electrons. The molecular weight excluding hydrogens is 170 g/mol. The van der Waals surface area contributed by atoms with Crippen LogP contribution in [0.25, 0.3) is 0 Å². The second-order valence-corrected chi connectivity index (χ2v) is 4.36. The van der Waals surface area contributed by atoms with Gasteiger partial charge in [0, 0.05) is 18.9 Å². The zero-order chi connectivity index (χ0) is 8.55. The summed E-state index contributed by atoms with van der Waals surface area (Å²) in [6, 6.07) is 0.643. The third kappa shape index (κ3) is 1.32. The van der Waals surface area contributed by atoms with Gasteiger partial charge in [-0.1, -0.05) is 11.3 Å². The lowest BCUT2D eigenvalue weighted by molar-refractivity contribution is -0.368. The molecule has 0 bridgehead atoms. The van der Waals surface area contributed by atoms with E-state index in [4.69, 9.17) is 5.73 Å². The summed E-state index contributed by atoms with van der Waals surface area (Å²) in [5, 5.41) is 4.15. The monoisotopic (exact) mass is 184 g/mol. The molecular formula is C8H14N3S+. The van der Waals surface area contributed by atoms with E-state index in [0.29, 0.717) is 6.04 Å². The summed E-state index contributed by atoms with van der Waals surface area (Å²) in [4.78, 5) is 4.64. The van der Waals surface area contributed by atoms with Crippen LogP contribution >= 0.6 is 11.3 Å². The minimum atomic E-state index is 0.643. The number of hydrogen-bond acceptors (Lipinski definition) is 3. The molecule has 1 aliphatic rings. The van der Waals surface area contributed by atoms with Gasteiger partial charge in [0.25, 0.3) is 0 Å². The van der Waals surface area contributed by atoms with E-state index in [-0.39, 0.29) is 0 Å². The van der Waals surface area contributed by atoms with Crippen LogP contribution in [0, 0.1) is 0 Å². The lowest BCUT2D eigenvalue weighted by Gasteiger charge is -2.18. The maximum absolute atomic E-state index is 5.69. The van der Waals surface area contributed by atoms with Gasteiger partial charge in [0.2, 0.25) is 0 Å². The SMILES string of the molecule is CNC1CCc2[nH+]c(N)sc2C1. The van der Waals surface area contributed by atoms with Crippen molar-refractivity contribution in [2.45, 2.75) is 25.3 Å². The summed E-state index contributed by atoms with van der Waals surface area (Å²) in [5.41, 5.74) is 7.04. The Balaban J connectivity index is 2.22. The zero-order valence-electron chi connectivity index (χ0n) is 7.18. The second-order valence-electron chi connectivity index (χ2n) is 3.22. The lowest BCUT2D eigenvalue weighted by Crippen LogP contribution is -2.32. The number of nitrogens with one attached hydrogen (secondary N) is 2. The highest BCUT2D eigenvalue weighted by Gasteiger charge is 2.22. The Morgan fingerprint density at radius 2 is 2.50 bits per heavy atom. The van der Waals surface area contributed by atoms with Gasteiger partial charge < -0.3 is 5.32 Å². The molecule has 0 saturated heterocycles. The molecule has 0 fully saturated rings.